The number of hydrogen-bond acceptors (Lipinski definition) is 2. The first kappa shape index (κ1) is 15.5. The Bertz CT molecular complexity index is 273. The van der Waals surface area contributed by atoms with Gasteiger partial charge in [-0.05, 0) is 51.0 Å². The zero-order chi connectivity index (χ0) is 13.4. The topological polar surface area (TPSA) is 18.5 Å². The Morgan fingerprint density at radius 2 is 1.94 bits per heavy atom. The van der Waals surface area contributed by atoms with Crippen molar-refractivity contribution < 1.29 is 9.47 Å². The lowest BCUT2D eigenvalue weighted by atomic mass is 9.81. The molecule has 0 spiro atoms. The van der Waals surface area contributed by atoms with E-state index >= 15 is 0 Å². The van der Waals surface area contributed by atoms with E-state index in [4.69, 9.17) is 9.47 Å². The third kappa shape index (κ3) is 5.36. The van der Waals surface area contributed by atoms with Crippen LogP contribution in [0.25, 0.3) is 0 Å². The predicted octanol–water partition coefficient (Wildman–Crippen LogP) is 4.32. The zero-order valence-electron chi connectivity index (χ0n) is 12.3. The number of rotatable bonds is 7. The molecular weight excluding hydrogens is 224 g/mol. The molecule has 1 unspecified atom stereocenters. The average molecular weight is 252 g/mol. The molecule has 0 aromatic carbocycles. The van der Waals surface area contributed by atoms with Crippen molar-refractivity contribution in [2.75, 3.05) is 13.2 Å². The molecule has 0 saturated heterocycles. The van der Waals surface area contributed by atoms with Crippen LogP contribution in [0.1, 0.15) is 47.0 Å². The van der Waals surface area contributed by atoms with Gasteiger partial charge in [0.05, 0.1) is 0 Å². The third-order valence-electron chi connectivity index (χ3n) is 3.51. The monoisotopic (exact) mass is 252 g/mol. The summed E-state index contributed by atoms with van der Waals surface area (Å²) >= 11 is 0. The van der Waals surface area contributed by atoms with Crippen LogP contribution in [0, 0.1) is 11.8 Å². The molecule has 1 rings (SSSR count). The lowest BCUT2D eigenvalue weighted by Crippen LogP contribution is -2.15. The molecule has 2 nitrogen and oxygen atoms in total. The first-order chi connectivity index (χ1) is 8.67. The number of ether oxygens (including phenoxy) is 2. The molecule has 1 atom stereocenters. The Hall–Kier alpha value is -0.600. The van der Waals surface area contributed by atoms with E-state index in [-0.39, 0.29) is 6.29 Å². The fraction of sp³-hybridized carbons (Fsp3) is 0.750. The SMILES string of the molecule is CCOC(C=CC1=CCCC(C(C)C)C1)OCC. The minimum Gasteiger partial charge on any atom is -0.349 e. The van der Waals surface area contributed by atoms with E-state index in [1.165, 1.54) is 24.8 Å². The van der Waals surface area contributed by atoms with E-state index in [1.807, 2.05) is 19.9 Å². The Kier molecular flexibility index (Phi) is 7.29. The van der Waals surface area contributed by atoms with Crippen molar-refractivity contribution in [2.45, 2.75) is 53.2 Å². The minimum absolute atomic E-state index is 0.194. The number of allylic oxidation sites excluding steroid dienone is 3. The summed E-state index contributed by atoms with van der Waals surface area (Å²) in [6, 6.07) is 0. The molecule has 0 fully saturated rings. The highest BCUT2D eigenvalue weighted by molar-refractivity contribution is 5.21. The van der Waals surface area contributed by atoms with Crippen LogP contribution in [0.3, 0.4) is 0 Å². The molecule has 2 heteroatoms. The van der Waals surface area contributed by atoms with E-state index < -0.39 is 0 Å². The highest BCUT2D eigenvalue weighted by Crippen LogP contribution is 2.30. The molecule has 0 aromatic rings. The quantitative estimate of drug-likeness (QED) is 0.628. The molecule has 0 aromatic heterocycles. The third-order valence-corrected chi connectivity index (χ3v) is 3.51. The van der Waals surface area contributed by atoms with Gasteiger partial charge in [-0.15, -0.1) is 0 Å². The molecule has 18 heavy (non-hydrogen) atoms. The van der Waals surface area contributed by atoms with Crippen molar-refractivity contribution in [3.63, 3.8) is 0 Å². The van der Waals surface area contributed by atoms with Crippen LogP contribution in [0.15, 0.2) is 23.8 Å². The van der Waals surface area contributed by atoms with Crippen LogP contribution in [-0.2, 0) is 9.47 Å². The lowest BCUT2D eigenvalue weighted by Gasteiger charge is -2.25. The van der Waals surface area contributed by atoms with Gasteiger partial charge >= 0.3 is 0 Å². The van der Waals surface area contributed by atoms with Gasteiger partial charge in [0.1, 0.15) is 0 Å². The highest BCUT2D eigenvalue weighted by Gasteiger charge is 2.17. The molecular formula is C16H28O2. The van der Waals surface area contributed by atoms with E-state index in [2.05, 4.69) is 26.0 Å². The van der Waals surface area contributed by atoms with Crippen LogP contribution in [0.4, 0.5) is 0 Å². The van der Waals surface area contributed by atoms with Crippen molar-refractivity contribution in [1.29, 1.82) is 0 Å². The second-order valence-electron chi connectivity index (χ2n) is 5.20. The summed E-state index contributed by atoms with van der Waals surface area (Å²) in [6.45, 7) is 10.00. The summed E-state index contributed by atoms with van der Waals surface area (Å²) in [5.74, 6) is 1.60. The summed E-state index contributed by atoms with van der Waals surface area (Å²) in [5, 5.41) is 0. The van der Waals surface area contributed by atoms with Crippen LogP contribution in [-0.4, -0.2) is 19.5 Å². The largest absolute Gasteiger partial charge is 0.349 e. The second kappa shape index (κ2) is 8.49. The summed E-state index contributed by atoms with van der Waals surface area (Å²) in [6.07, 6.45) is 10.1. The molecule has 0 bridgehead atoms. The Morgan fingerprint density at radius 3 is 2.50 bits per heavy atom. The Morgan fingerprint density at radius 1 is 1.28 bits per heavy atom. The molecule has 1 aliphatic rings. The van der Waals surface area contributed by atoms with Crippen LogP contribution < -0.4 is 0 Å². The van der Waals surface area contributed by atoms with E-state index in [9.17, 15) is 0 Å². The fourth-order valence-electron chi connectivity index (χ4n) is 2.37. The Labute approximate surface area is 112 Å². The van der Waals surface area contributed by atoms with Gasteiger partial charge in [0.2, 0.25) is 0 Å². The smallest absolute Gasteiger partial charge is 0.177 e. The lowest BCUT2D eigenvalue weighted by molar-refractivity contribution is -0.103. The maximum Gasteiger partial charge on any atom is 0.177 e. The van der Waals surface area contributed by atoms with Gasteiger partial charge in [-0.1, -0.05) is 31.6 Å². The average Bonchev–Trinajstić information content (AvgIpc) is 2.37. The minimum atomic E-state index is -0.194. The predicted molar refractivity (Wildman–Crippen MR) is 76.4 cm³/mol. The summed E-state index contributed by atoms with van der Waals surface area (Å²) < 4.78 is 11.0. The molecule has 0 radical (unpaired) electrons. The first-order valence-corrected chi connectivity index (χ1v) is 7.27. The highest BCUT2D eigenvalue weighted by atomic mass is 16.7. The first-order valence-electron chi connectivity index (χ1n) is 7.27. The summed E-state index contributed by atoms with van der Waals surface area (Å²) in [4.78, 5) is 0. The standard InChI is InChI=1S/C16H28O2/c1-5-17-16(18-6-2)11-10-14-8-7-9-15(12-14)13(3)4/h8,10-11,13,15-16H,5-7,9,12H2,1-4H3. The second-order valence-corrected chi connectivity index (χ2v) is 5.20. The molecule has 0 heterocycles. The fourth-order valence-corrected chi connectivity index (χ4v) is 2.37. The van der Waals surface area contributed by atoms with Gasteiger partial charge in [-0.3, -0.25) is 0 Å². The van der Waals surface area contributed by atoms with Crippen molar-refractivity contribution in [3.8, 4) is 0 Å². The maximum atomic E-state index is 5.51. The van der Waals surface area contributed by atoms with Gasteiger partial charge < -0.3 is 9.47 Å². The van der Waals surface area contributed by atoms with Gasteiger partial charge in [0.15, 0.2) is 6.29 Å². The molecule has 0 N–H and O–H groups in total. The van der Waals surface area contributed by atoms with Gasteiger partial charge in [-0.2, -0.15) is 0 Å². The summed E-state index contributed by atoms with van der Waals surface area (Å²) in [7, 11) is 0. The molecule has 104 valence electrons. The molecule has 0 saturated carbocycles. The van der Waals surface area contributed by atoms with Crippen LogP contribution >= 0.6 is 0 Å². The van der Waals surface area contributed by atoms with Crippen molar-refractivity contribution >= 4 is 0 Å². The van der Waals surface area contributed by atoms with Crippen LogP contribution in [0.5, 0.6) is 0 Å². The van der Waals surface area contributed by atoms with Crippen molar-refractivity contribution in [3.05, 3.63) is 23.8 Å². The molecule has 1 aliphatic carbocycles. The van der Waals surface area contributed by atoms with E-state index in [0.29, 0.717) is 13.2 Å². The molecule has 0 amide bonds. The van der Waals surface area contributed by atoms with E-state index in [0.717, 1.165) is 11.8 Å². The van der Waals surface area contributed by atoms with Gasteiger partial charge in [0.25, 0.3) is 0 Å². The Balaban J connectivity index is 2.51. The summed E-state index contributed by atoms with van der Waals surface area (Å²) in [5.41, 5.74) is 1.43. The van der Waals surface area contributed by atoms with Gasteiger partial charge in [-0.25, -0.2) is 0 Å². The van der Waals surface area contributed by atoms with E-state index in [1.54, 1.807) is 0 Å². The molecule has 0 aliphatic heterocycles. The van der Waals surface area contributed by atoms with Crippen molar-refractivity contribution in [1.82, 2.24) is 0 Å². The normalized spacial score (nSPS) is 21.0. The van der Waals surface area contributed by atoms with Crippen molar-refractivity contribution in [2.24, 2.45) is 11.8 Å². The zero-order valence-corrected chi connectivity index (χ0v) is 12.3. The van der Waals surface area contributed by atoms with Crippen LogP contribution in [0.2, 0.25) is 0 Å². The maximum absolute atomic E-state index is 5.51. The van der Waals surface area contributed by atoms with Gasteiger partial charge in [0, 0.05) is 13.2 Å². The number of hydrogen-bond donors (Lipinski definition) is 0.